The van der Waals surface area contributed by atoms with Crippen LogP contribution in [0.15, 0.2) is 36.4 Å². The lowest BCUT2D eigenvalue weighted by atomic mass is 10.0. The van der Waals surface area contributed by atoms with Gasteiger partial charge in [0.05, 0.1) is 5.38 Å². The third-order valence-corrected chi connectivity index (χ3v) is 4.36. The second-order valence-electron chi connectivity index (χ2n) is 4.74. The molecule has 0 saturated heterocycles. The Labute approximate surface area is 128 Å². The summed E-state index contributed by atoms with van der Waals surface area (Å²) in [5, 5.41) is 0.403. The quantitative estimate of drug-likeness (QED) is 0.745. The van der Waals surface area contributed by atoms with Gasteiger partial charge in [-0.2, -0.15) is 0 Å². The lowest BCUT2D eigenvalue weighted by Gasteiger charge is -2.20. The minimum absolute atomic E-state index is 0.307. The standard InChI is InChI=1S/C16H14Cl2O2/c1-10-3-2-4-12(15(10)17)16(18)11-5-6-13-14(9-11)20-8-7-19-13/h2-6,9,16H,7-8H2,1H3. The van der Waals surface area contributed by atoms with Crippen LogP contribution in [0.25, 0.3) is 0 Å². The molecule has 0 saturated carbocycles. The number of fused-ring (bicyclic) bond motifs is 1. The van der Waals surface area contributed by atoms with Crippen LogP contribution in [0.3, 0.4) is 0 Å². The van der Waals surface area contributed by atoms with Crippen molar-refractivity contribution in [1.29, 1.82) is 0 Å². The molecule has 4 heteroatoms. The molecule has 1 heterocycles. The van der Waals surface area contributed by atoms with Gasteiger partial charge < -0.3 is 9.47 Å². The fourth-order valence-corrected chi connectivity index (χ4v) is 2.87. The molecule has 0 amide bonds. The van der Waals surface area contributed by atoms with Gasteiger partial charge in [0.1, 0.15) is 13.2 Å². The first-order chi connectivity index (χ1) is 9.66. The van der Waals surface area contributed by atoms with E-state index in [1.807, 2.05) is 43.3 Å². The van der Waals surface area contributed by atoms with Gasteiger partial charge in [0.2, 0.25) is 0 Å². The first-order valence-corrected chi connectivity index (χ1v) is 7.27. The normalized spacial score (nSPS) is 14.9. The van der Waals surface area contributed by atoms with Gasteiger partial charge in [0.15, 0.2) is 11.5 Å². The van der Waals surface area contributed by atoms with E-state index < -0.39 is 0 Å². The van der Waals surface area contributed by atoms with Gasteiger partial charge >= 0.3 is 0 Å². The van der Waals surface area contributed by atoms with Crippen molar-refractivity contribution in [2.24, 2.45) is 0 Å². The third kappa shape index (κ3) is 2.46. The molecule has 0 fully saturated rings. The van der Waals surface area contributed by atoms with Crippen LogP contribution in [0.1, 0.15) is 22.1 Å². The maximum atomic E-state index is 6.57. The van der Waals surface area contributed by atoms with Gasteiger partial charge in [-0.15, -0.1) is 11.6 Å². The highest BCUT2D eigenvalue weighted by Crippen LogP contribution is 2.39. The van der Waals surface area contributed by atoms with Crippen molar-refractivity contribution in [2.75, 3.05) is 13.2 Å². The second kappa shape index (κ2) is 5.55. The Kier molecular flexibility index (Phi) is 3.77. The highest BCUT2D eigenvalue weighted by Gasteiger charge is 2.19. The van der Waals surface area contributed by atoms with Crippen LogP contribution in [-0.4, -0.2) is 13.2 Å². The summed E-state index contributed by atoms with van der Waals surface area (Å²) in [6, 6.07) is 11.6. The lowest BCUT2D eigenvalue weighted by Crippen LogP contribution is -2.15. The molecule has 0 spiro atoms. The molecule has 0 aromatic heterocycles. The van der Waals surface area contributed by atoms with Gasteiger partial charge in [-0.05, 0) is 35.7 Å². The number of benzene rings is 2. The number of ether oxygens (including phenoxy) is 2. The maximum absolute atomic E-state index is 6.57. The highest BCUT2D eigenvalue weighted by molar-refractivity contribution is 6.33. The van der Waals surface area contributed by atoms with E-state index in [4.69, 9.17) is 32.7 Å². The van der Waals surface area contributed by atoms with E-state index in [9.17, 15) is 0 Å². The van der Waals surface area contributed by atoms with Gasteiger partial charge in [-0.3, -0.25) is 0 Å². The van der Waals surface area contributed by atoms with Crippen molar-refractivity contribution < 1.29 is 9.47 Å². The summed E-state index contributed by atoms with van der Waals surface area (Å²) >= 11 is 12.9. The zero-order valence-corrected chi connectivity index (χ0v) is 12.5. The molecule has 0 aliphatic carbocycles. The first-order valence-electron chi connectivity index (χ1n) is 6.45. The molecule has 104 valence electrons. The molecule has 0 N–H and O–H groups in total. The molecule has 0 radical (unpaired) electrons. The predicted molar refractivity (Wildman–Crippen MR) is 81.3 cm³/mol. The van der Waals surface area contributed by atoms with Crippen molar-refractivity contribution >= 4 is 23.2 Å². The van der Waals surface area contributed by atoms with E-state index in [2.05, 4.69) is 0 Å². The Bertz CT molecular complexity index is 640. The van der Waals surface area contributed by atoms with Crippen LogP contribution >= 0.6 is 23.2 Å². The van der Waals surface area contributed by atoms with Gasteiger partial charge in [0.25, 0.3) is 0 Å². The topological polar surface area (TPSA) is 18.5 Å². The van der Waals surface area contributed by atoms with Crippen molar-refractivity contribution in [1.82, 2.24) is 0 Å². The Morgan fingerprint density at radius 3 is 2.60 bits per heavy atom. The predicted octanol–water partition coefficient (Wildman–Crippen LogP) is 4.75. The molecule has 1 aliphatic rings. The Hall–Kier alpha value is -1.38. The Morgan fingerprint density at radius 1 is 1.05 bits per heavy atom. The molecule has 1 unspecified atom stereocenters. The summed E-state index contributed by atoms with van der Waals surface area (Å²) in [5.41, 5.74) is 2.88. The highest BCUT2D eigenvalue weighted by atomic mass is 35.5. The number of halogens is 2. The average molecular weight is 309 g/mol. The zero-order chi connectivity index (χ0) is 14.1. The zero-order valence-electron chi connectivity index (χ0n) is 11.0. The maximum Gasteiger partial charge on any atom is 0.161 e. The fraction of sp³-hybridized carbons (Fsp3) is 0.250. The first kappa shape index (κ1) is 13.6. The summed E-state index contributed by atoms with van der Waals surface area (Å²) in [5.74, 6) is 1.50. The molecule has 2 nitrogen and oxygen atoms in total. The number of hydrogen-bond acceptors (Lipinski definition) is 2. The largest absolute Gasteiger partial charge is 0.486 e. The van der Waals surface area contributed by atoms with Crippen LogP contribution < -0.4 is 9.47 Å². The van der Waals surface area contributed by atoms with Crippen LogP contribution in [0.2, 0.25) is 5.02 Å². The molecule has 0 bridgehead atoms. The number of hydrogen-bond donors (Lipinski definition) is 0. The summed E-state index contributed by atoms with van der Waals surface area (Å²) in [4.78, 5) is 0. The Morgan fingerprint density at radius 2 is 1.80 bits per heavy atom. The van der Waals surface area contributed by atoms with Crippen LogP contribution in [0.4, 0.5) is 0 Å². The molecule has 1 atom stereocenters. The van der Waals surface area contributed by atoms with Gasteiger partial charge in [0, 0.05) is 5.02 Å². The SMILES string of the molecule is Cc1cccc(C(Cl)c2ccc3c(c2)OCCO3)c1Cl. The van der Waals surface area contributed by atoms with Crippen molar-refractivity contribution in [3.05, 3.63) is 58.1 Å². The molecule has 1 aliphatic heterocycles. The van der Waals surface area contributed by atoms with E-state index in [1.54, 1.807) is 0 Å². The molecular formula is C16H14Cl2O2. The van der Waals surface area contributed by atoms with Crippen LogP contribution in [0, 0.1) is 6.92 Å². The molecule has 20 heavy (non-hydrogen) atoms. The Balaban J connectivity index is 1.98. The molecular weight excluding hydrogens is 295 g/mol. The van der Waals surface area contributed by atoms with E-state index in [0.717, 1.165) is 28.2 Å². The van der Waals surface area contributed by atoms with Crippen molar-refractivity contribution in [3.63, 3.8) is 0 Å². The van der Waals surface area contributed by atoms with Gasteiger partial charge in [-0.25, -0.2) is 0 Å². The summed E-state index contributed by atoms with van der Waals surface area (Å²) in [7, 11) is 0. The van der Waals surface area contributed by atoms with Crippen LogP contribution in [0.5, 0.6) is 11.5 Å². The average Bonchev–Trinajstić information content (AvgIpc) is 2.49. The fourth-order valence-electron chi connectivity index (χ4n) is 2.26. The lowest BCUT2D eigenvalue weighted by molar-refractivity contribution is 0.171. The monoisotopic (exact) mass is 308 g/mol. The van der Waals surface area contributed by atoms with Crippen LogP contribution in [-0.2, 0) is 0 Å². The minimum atomic E-state index is -0.307. The number of alkyl halides is 1. The number of aryl methyl sites for hydroxylation is 1. The summed E-state index contributed by atoms with van der Waals surface area (Å²) < 4.78 is 11.1. The second-order valence-corrected chi connectivity index (χ2v) is 5.56. The van der Waals surface area contributed by atoms with E-state index in [1.165, 1.54) is 0 Å². The third-order valence-electron chi connectivity index (χ3n) is 3.35. The summed E-state index contributed by atoms with van der Waals surface area (Å²) in [6.45, 7) is 3.12. The summed E-state index contributed by atoms with van der Waals surface area (Å²) in [6.07, 6.45) is 0. The molecule has 2 aromatic carbocycles. The molecule has 3 rings (SSSR count). The van der Waals surface area contributed by atoms with E-state index in [0.29, 0.717) is 18.2 Å². The van der Waals surface area contributed by atoms with Gasteiger partial charge in [-0.1, -0.05) is 35.9 Å². The smallest absolute Gasteiger partial charge is 0.161 e. The number of rotatable bonds is 2. The van der Waals surface area contributed by atoms with E-state index in [-0.39, 0.29) is 5.38 Å². The molecule has 2 aromatic rings. The minimum Gasteiger partial charge on any atom is -0.486 e. The van der Waals surface area contributed by atoms with Crippen molar-refractivity contribution in [3.8, 4) is 11.5 Å². The van der Waals surface area contributed by atoms with E-state index >= 15 is 0 Å². The van der Waals surface area contributed by atoms with Crippen molar-refractivity contribution in [2.45, 2.75) is 12.3 Å².